The molecule has 25 heavy (non-hydrogen) atoms. The summed E-state index contributed by atoms with van der Waals surface area (Å²) in [7, 11) is 0. The number of nitrogens with one attached hydrogen (secondary N) is 1. The first-order valence-corrected chi connectivity index (χ1v) is 8.92. The third-order valence-corrected chi connectivity index (χ3v) is 4.90. The van der Waals surface area contributed by atoms with Crippen LogP contribution in [-0.4, -0.2) is 52.7 Å². The lowest BCUT2D eigenvalue weighted by molar-refractivity contribution is -0.137. The largest absolute Gasteiger partial charge is 0.481 e. The van der Waals surface area contributed by atoms with Crippen LogP contribution in [0.1, 0.15) is 53.7 Å². The minimum Gasteiger partial charge on any atom is -0.481 e. The van der Waals surface area contributed by atoms with Crippen LogP contribution in [0.2, 0.25) is 0 Å². The van der Waals surface area contributed by atoms with Crippen molar-refractivity contribution in [2.75, 3.05) is 19.7 Å². The zero-order valence-corrected chi connectivity index (χ0v) is 14.3. The Kier molecular flexibility index (Phi) is 5.53. The van der Waals surface area contributed by atoms with Crippen molar-refractivity contribution in [2.45, 2.75) is 51.0 Å². The highest BCUT2D eigenvalue weighted by atomic mass is 16.5. The second kappa shape index (κ2) is 7.82. The van der Waals surface area contributed by atoms with E-state index in [4.69, 9.17) is 9.84 Å². The number of aliphatic carboxylic acids is 1. The molecule has 1 aliphatic heterocycles. The third kappa shape index (κ3) is 4.28. The fraction of sp³-hybridized carbons (Fsp3) is 0.611. The fourth-order valence-corrected chi connectivity index (χ4v) is 3.54. The normalized spacial score (nSPS) is 19.4. The zero-order valence-electron chi connectivity index (χ0n) is 14.3. The molecule has 7 heteroatoms. The number of ether oxygens (including phenoxy) is 1. The number of carboxylic acid groups (broad SMARTS) is 1. The number of amides is 1. The smallest absolute Gasteiger partial charge is 0.305 e. The van der Waals surface area contributed by atoms with E-state index in [9.17, 15) is 14.4 Å². The molecule has 1 amide bonds. The molecule has 1 saturated heterocycles. The first kappa shape index (κ1) is 17.7. The number of pyridine rings is 1. The van der Waals surface area contributed by atoms with Crippen LogP contribution in [0.25, 0.3) is 0 Å². The van der Waals surface area contributed by atoms with Crippen LogP contribution < -0.4 is 5.56 Å². The summed E-state index contributed by atoms with van der Waals surface area (Å²) in [5.74, 6) is -1.38. The van der Waals surface area contributed by atoms with Gasteiger partial charge in [0, 0.05) is 25.4 Å². The summed E-state index contributed by atoms with van der Waals surface area (Å²) in [5.41, 5.74) is 1.65. The highest BCUT2D eigenvalue weighted by Crippen LogP contribution is 2.20. The Labute approximate surface area is 146 Å². The summed E-state index contributed by atoms with van der Waals surface area (Å²) < 4.78 is 5.57. The lowest BCUT2D eigenvalue weighted by Gasteiger charge is -2.25. The van der Waals surface area contributed by atoms with Crippen molar-refractivity contribution in [1.29, 1.82) is 0 Å². The molecule has 0 saturated carbocycles. The van der Waals surface area contributed by atoms with E-state index in [0.29, 0.717) is 13.2 Å². The number of aryl methyl sites for hydroxylation is 2. The van der Waals surface area contributed by atoms with Crippen LogP contribution >= 0.6 is 0 Å². The van der Waals surface area contributed by atoms with E-state index in [1.54, 1.807) is 6.07 Å². The average molecular weight is 348 g/mol. The van der Waals surface area contributed by atoms with Crippen molar-refractivity contribution in [2.24, 2.45) is 0 Å². The van der Waals surface area contributed by atoms with Crippen molar-refractivity contribution in [3.05, 3.63) is 33.2 Å². The van der Waals surface area contributed by atoms with Crippen molar-refractivity contribution < 1.29 is 19.4 Å². The van der Waals surface area contributed by atoms with Crippen LogP contribution in [0.4, 0.5) is 0 Å². The maximum Gasteiger partial charge on any atom is 0.305 e. The number of carbonyl (C=O) groups excluding carboxylic acids is 1. The second-order valence-corrected chi connectivity index (χ2v) is 6.75. The van der Waals surface area contributed by atoms with Gasteiger partial charge in [-0.25, -0.2) is 0 Å². The minimum absolute atomic E-state index is 0.0740. The number of aromatic amines is 1. The number of carboxylic acids is 1. The summed E-state index contributed by atoms with van der Waals surface area (Å²) in [6.07, 6.45) is 5.31. The minimum atomic E-state index is -0.968. The van der Waals surface area contributed by atoms with Gasteiger partial charge in [-0.3, -0.25) is 14.4 Å². The van der Waals surface area contributed by atoms with Gasteiger partial charge in [0.25, 0.3) is 11.5 Å². The predicted octanol–water partition coefficient (Wildman–Crippen LogP) is 1.35. The molecule has 1 aromatic heterocycles. The maximum absolute atomic E-state index is 12.9. The molecule has 1 unspecified atom stereocenters. The quantitative estimate of drug-likeness (QED) is 0.808. The molecule has 1 atom stereocenters. The molecule has 136 valence electrons. The molecule has 7 nitrogen and oxygen atoms in total. The molecular formula is C18H24N2O5. The third-order valence-electron chi connectivity index (χ3n) is 4.90. The molecule has 1 aromatic rings. The lowest BCUT2D eigenvalue weighted by Crippen LogP contribution is -2.41. The van der Waals surface area contributed by atoms with E-state index in [1.807, 2.05) is 0 Å². The fourth-order valence-electron chi connectivity index (χ4n) is 3.54. The highest BCUT2D eigenvalue weighted by molar-refractivity contribution is 5.94. The Bertz CT molecular complexity index is 706. The van der Waals surface area contributed by atoms with Crippen LogP contribution in [0.15, 0.2) is 10.9 Å². The molecule has 1 aliphatic carbocycles. The number of hydrogen-bond donors (Lipinski definition) is 2. The molecule has 0 aromatic carbocycles. The van der Waals surface area contributed by atoms with E-state index < -0.39 is 17.4 Å². The number of aromatic nitrogens is 1. The highest BCUT2D eigenvalue weighted by Gasteiger charge is 2.26. The van der Waals surface area contributed by atoms with Crippen LogP contribution in [0.3, 0.4) is 0 Å². The second-order valence-electron chi connectivity index (χ2n) is 6.75. The van der Waals surface area contributed by atoms with Gasteiger partial charge in [0.05, 0.1) is 12.5 Å². The zero-order chi connectivity index (χ0) is 17.8. The van der Waals surface area contributed by atoms with E-state index >= 15 is 0 Å². The van der Waals surface area contributed by atoms with Gasteiger partial charge >= 0.3 is 5.97 Å². The summed E-state index contributed by atoms with van der Waals surface area (Å²) in [6.45, 7) is 1.05. The van der Waals surface area contributed by atoms with Gasteiger partial charge in [-0.15, -0.1) is 0 Å². The predicted molar refractivity (Wildman–Crippen MR) is 90.8 cm³/mol. The van der Waals surface area contributed by atoms with E-state index in [0.717, 1.165) is 49.8 Å². The monoisotopic (exact) mass is 348 g/mol. The van der Waals surface area contributed by atoms with Crippen LogP contribution in [0.5, 0.6) is 0 Å². The Hall–Kier alpha value is -2.15. The van der Waals surface area contributed by atoms with Gasteiger partial charge < -0.3 is 19.7 Å². The van der Waals surface area contributed by atoms with Crippen molar-refractivity contribution in [1.82, 2.24) is 9.88 Å². The number of nitrogens with zero attached hydrogens (tertiary/aromatic N) is 1. The summed E-state index contributed by atoms with van der Waals surface area (Å²) in [4.78, 5) is 40.5. The molecule has 2 heterocycles. The van der Waals surface area contributed by atoms with Gasteiger partial charge in [-0.1, -0.05) is 0 Å². The van der Waals surface area contributed by atoms with E-state index in [2.05, 4.69) is 4.98 Å². The van der Waals surface area contributed by atoms with Gasteiger partial charge in [-0.2, -0.15) is 0 Å². The first-order chi connectivity index (χ1) is 12.0. The van der Waals surface area contributed by atoms with E-state index in [1.165, 1.54) is 4.90 Å². The number of hydrogen-bond acceptors (Lipinski definition) is 4. The molecule has 1 fully saturated rings. The summed E-state index contributed by atoms with van der Waals surface area (Å²) >= 11 is 0. The molecule has 2 aliphatic rings. The van der Waals surface area contributed by atoms with Gasteiger partial charge in [0.1, 0.15) is 5.56 Å². The van der Waals surface area contributed by atoms with Gasteiger partial charge in [0.2, 0.25) is 0 Å². The number of H-pyrrole nitrogens is 1. The Balaban J connectivity index is 1.82. The summed E-state index contributed by atoms with van der Waals surface area (Å²) in [5, 5.41) is 8.95. The number of fused-ring (bicyclic) bond motifs is 1. The average Bonchev–Trinajstić information content (AvgIpc) is 3.10. The Morgan fingerprint density at radius 1 is 1.28 bits per heavy atom. The number of rotatable bonds is 6. The molecule has 0 bridgehead atoms. The van der Waals surface area contributed by atoms with Crippen molar-refractivity contribution in [3.63, 3.8) is 0 Å². The van der Waals surface area contributed by atoms with Crippen LogP contribution in [-0.2, 0) is 22.4 Å². The molecule has 0 spiro atoms. The van der Waals surface area contributed by atoms with Crippen molar-refractivity contribution in [3.8, 4) is 0 Å². The van der Waals surface area contributed by atoms with Crippen molar-refractivity contribution >= 4 is 11.9 Å². The van der Waals surface area contributed by atoms with E-state index in [-0.39, 0.29) is 24.6 Å². The standard InChI is InChI=1S/C18H24N2O5/c21-16(22)7-8-20(11-13-5-3-9-25-13)18(24)14-10-12-4-1-2-6-15(12)19-17(14)23/h10,13H,1-9,11H2,(H,19,23)(H,21,22). The summed E-state index contributed by atoms with van der Waals surface area (Å²) in [6, 6.07) is 1.69. The van der Waals surface area contributed by atoms with Gasteiger partial charge in [-0.05, 0) is 50.2 Å². The van der Waals surface area contributed by atoms with Crippen LogP contribution in [0, 0.1) is 0 Å². The lowest BCUT2D eigenvalue weighted by atomic mass is 9.95. The first-order valence-electron chi connectivity index (χ1n) is 8.92. The van der Waals surface area contributed by atoms with Gasteiger partial charge in [0.15, 0.2) is 0 Å². The maximum atomic E-state index is 12.9. The molecule has 3 rings (SSSR count). The number of carbonyl (C=O) groups is 2. The molecule has 0 radical (unpaired) electrons. The topological polar surface area (TPSA) is 99.7 Å². The molecular weight excluding hydrogens is 324 g/mol. The SMILES string of the molecule is O=C(O)CCN(CC1CCCO1)C(=O)c1cc2c([nH]c1=O)CCCC2. The Morgan fingerprint density at radius 2 is 2.08 bits per heavy atom. The molecule has 2 N–H and O–H groups in total. The Morgan fingerprint density at radius 3 is 2.80 bits per heavy atom.